The van der Waals surface area contributed by atoms with Gasteiger partial charge in [-0.1, -0.05) is 13.8 Å². The predicted molar refractivity (Wildman–Crippen MR) is 89.0 cm³/mol. The Balaban J connectivity index is 2.16. The van der Waals surface area contributed by atoms with Gasteiger partial charge in [-0.15, -0.1) is 0 Å². The molecule has 0 aliphatic rings. The van der Waals surface area contributed by atoms with Crippen molar-refractivity contribution in [1.29, 1.82) is 0 Å². The van der Waals surface area contributed by atoms with Gasteiger partial charge in [0.15, 0.2) is 17.5 Å². The Hall–Kier alpha value is -2.64. The highest BCUT2D eigenvalue weighted by molar-refractivity contribution is 6.03. The van der Waals surface area contributed by atoms with Gasteiger partial charge in [0, 0.05) is 12.2 Å². The molecule has 1 amide bonds. The molecule has 0 bridgehead atoms. The molecule has 2 N–H and O–H groups in total. The Labute approximate surface area is 143 Å². The Bertz CT molecular complexity index is 781. The number of nitrogens with zero attached hydrogens (tertiary/aromatic N) is 2. The van der Waals surface area contributed by atoms with E-state index in [0.29, 0.717) is 18.2 Å². The smallest absolute Gasteiger partial charge is 0.274 e. The number of carbonyl (C=O) groups is 1. The quantitative estimate of drug-likeness (QED) is 0.774. The maximum Gasteiger partial charge on any atom is 0.274 e. The highest BCUT2D eigenvalue weighted by atomic mass is 19.2. The first kappa shape index (κ1) is 18.7. The number of benzene rings is 1. The summed E-state index contributed by atoms with van der Waals surface area (Å²) in [6.45, 7) is 6.48. The average molecular weight is 352 g/mol. The van der Waals surface area contributed by atoms with E-state index in [4.69, 9.17) is 0 Å². The normalized spacial score (nSPS) is 10.8. The largest absolute Gasteiger partial charge is 0.354 e. The molecular weight excluding hydrogens is 333 g/mol. The molecule has 0 atom stereocenters. The van der Waals surface area contributed by atoms with E-state index in [-0.39, 0.29) is 11.6 Å². The number of rotatable bonds is 6. The van der Waals surface area contributed by atoms with Gasteiger partial charge in [0.2, 0.25) is 5.95 Å². The molecule has 0 saturated heterocycles. The molecule has 1 heterocycles. The fraction of sp³-hybridized carbons (Fsp3) is 0.353. The summed E-state index contributed by atoms with van der Waals surface area (Å²) in [5.74, 6) is -4.41. The van der Waals surface area contributed by atoms with Gasteiger partial charge in [-0.05, 0) is 37.5 Å². The minimum Gasteiger partial charge on any atom is -0.354 e. The van der Waals surface area contributed by atoms with E-state index >= 15 is 0 Å². The van der Waals surface area contributed by atoms with Crippen molar-refractivity contribution in [1.82, 2.24) is 9.97 Å². The summed E-state index contributed by atoms with van der Waals surface area (Å²) in [7, 11) is 0. The summed E-state index contributed by atoms with van der Waals surface area (Å²) >= 11 is 0. The van der Waals surface area contributed by atoms with E-state index < -0.39 is 29.0 Å². The van der Waals surface area contributed by atoms with Crippen molar-refractivity contribution < 1.29 is 18.0 Å². The van der Waals surface area contributed by atoms with E-state index in [1.807, 2.05) is 0 Å². The van der Waals surface area contributed by atoms with E-state index in [1.54, 1.807) is 6.92 Å². The van der Waals surface area contributed by atoms with Gasteiger partial charge in [0.05, 0.1) is 5.69 Å². The van der Waals surface area contributed by atoms with Crippen LogP contribution >= 0.6 is 0 Å². The van der Waals surface area contributed by atoms with Crippen LogP contribution in [-0.4, -0.2) is 22.4 Å². The lowest BCUT2D eigenvalue weighted by atomic mass is 10.1. The van der Waals surface area contributed by atoms with Crippen molar-refractivity contribution in [3.8, 4) is 0 Å². The fourth-order valence-corrected chi connectivity index (χ4v) is 2.05. The second-order valence-electron chi connectivity index (χ2n) is 6.00. The van der Waals surface area contributed by atoms with Crippen LogP contribution in [0.1, 0.15) is 36.5 Å². The second kappa shape index (κ2) is 7.96. The van der Waals surface area contributed by atoms with Gasteiger partial charge < -0.3 is 10.6 Å². The first-order valence-corrected chi connectivity index (χ1v) is 7.82. The van der Waals surface area contributed by atoms with Gasteiger partial charge in [-0.3, -0.25) is 4.79 Å². The van der Waals surface area contributed by atoms with E-state index in [2.05, 4.69) is 34.4 Å². The minimum absolute atomic E-state index is 0.0105. The number of amides is 1. The monoisotopic (exact) mass is 352 g/mol. The van der Waals surface area contributed by atoms with Crippen LogP contribution in [0.25, 0.3) is 0 Å². The molecule has 134 valence electrons. The zero-order valence-corrected chi connectivity index (χ0v) is 14.2. The van der Waals surface area contributed by atoms with Crippen molar-refractivity contribution in [2.24, 2.45) is 5.92 Å². The number of nitrogens with one attached hydrogen (secondary N) is 2. The molecule has 0 spiro atoms. The fourth-order valence-electron chi connectivity index (χ4n) is 2.05. The Kier molecular flexibility index (Phi) is 5.95. The summed E-state index contributed by atoms with van der Waals surface area (Å²) in [6, 6.07) is 3.10. The Morgan fingerprint density at radius 3 is 2.56 bits per heavy atom. The number of anilines is 2. The first-order valence-electron chi connectivity index (χ1n) is 7.82. The molecule has 25 heavy (non-hydrogen) atoms. The van der Waals surface area contributed by atoms with Crippen molar-refractivity contribution >= 4 is 17.5 Å². The lowest BCUT2D eigenvalue weighted by Gasteiger charge is -2.10. The minimum atomic E-state index is -1.65. The summed E-state index contributed by atoms with van der Waals surface area (Å²) in [4.78, 5) is 20.5. The van der Waals surface area contributed by atoms with Crippen molar-refractivity contribution in [3.63, 3.8) is 0 Å². The molecule has 0 aliphatic heterocycles. The maximum atomic E-state index is 13.7. The zero-order chi connectivity index (χ0) is 18.6. The summed E-state index contributed by atoms with van der Waals surface area (Å²) < 4.78 is 39.8. The van der Waals surface area contributed by atoms with Crippen LogP contribution in [0.3, 0.4) is 0 Å². The summed E-state index contributed by atoms with van der Waals surface area (Å²) in [5, 5.41) is 5.20. The number of aryl methyl sites for hydroxylation is 1. The molecule has 1 aromatic heterocycles. The Morgan fingerprint density at radius 1 is 1.16 bits per heavy atom. The van der Waals surface area contributed by atoms with E-state index in [0.717, 1.165) is 18.6 Å². The van der Waals surface area contributed by atoms with Crippen molar-refractivity contribution in [3.05, 3.63) is 47.0 Å². The molecule has 0 saturated carbocycles. The van der Waals surface area contributed by atoms with Crippen molar-refractivity contribution in [2.75, 3.05) is 17.2 Å². The van der Waals surface area contributed by atoms with Crippen LogP contribution in [0.2, 0.25) is 0 Å². The molecular formula is C17H19F3N4O. The number of hydrogen-bond donors (Lipinski definition) is 2. The first-order chi connectivity index (χ1) is 11.8. The molecule has 2 aromatic rings. The van der Waals surface area contributed by atoms with Crippen LogP contribution < -0.4 is 10.6 Å². The van der Waals surface area contributed by atoms with Gasteiger partial charge >= 0.3 is 0 Å². The SMILES string of the molecule is Cc1cc(C(=O)Nc2ccc(F)c(F)c2F)nc(NCCC(C)C)n1. The maximum absolute atomic E-state index is 13.7. The topological polar surface area (TPSA) is 66.9 Å². The molecule has 8 heteroatoms. The lowest BCUT2D eigenvalue weighted by molar-refractivity contribution is 0.102. The molecule has 0 aliphatic carbocycles. The van der Waals surface area contributed by atoms with Crippen molar-refractivity contribution in [2.45, 2.75) is 27.2 Å². The third kappa shape index (κ3) is 4.91. The van der Waals surface area contributed by atoms with Crippen LogP contribution in [0, 0.1) is 30.3 Å². The van der Waals surface area contributed by atoms with Crippen LogP contribution in [-0.2, 0) is 0 Å². The van der Waals surface area contributed by atoms with Gasteiger partial charge in [0.25, 0.3) is 5.91 Å². The van der Waals surface area contributed by atoms with Gasteiger partial charge in [-0.25, -0.2) is 23.1 Å². The third-order valence-electron chi connectivity index (χ3n) is 3.38. The molecule has 1 aromatic carbocycles. The van der Waals surface area contributed by atoms with Crippen LogP contribution in [0.15, 0.2) is 18.2 Å². The number of carbonyl (C=O) groups excluding carboxylic acids is 1. The highest BCUT2D eigenvalue weighted by Crippen LogP contribution is 2.20. The molecule has 5 nitrogen and oxygen atoms in total. The van der Waals surface area contributed by atoms with E-state index in [9.17, 15) is 18.0 Å². The third-order valence-corrected chi connectivity index (χ3v) is 3.38. The number of aromatic nitrogens is 2. The van der Waals surface area contributed by atoms with E-state index in [1.165, 1.54) is 6.07 Å². The number of halogens is 3. The Morgan fingerprint density at radius 2 is 1.88 bits per heavy atom. The lowest BCUT2D eigenvalue weighted by Crippen LogP contribution is -2.18. The molecule has 0 fully saturated rings. The molecule has 0 unspecified atom stereocenters. The molecule has 2 rings (SSSR count). The molecule has 0 radical (unpaired) electrons. The zero-order valence-electron chi connectivity index (χ0n) is 14.2. The predicted octanol–water partition coefficient (Wildman–Crippen LogP) is 3.91. The van der Waals surface area contributed by atoms with Gasteiger partial charge in [-0.2, -0.15) is 0 Å². The van der Waals surface area contributed by atoms with Gasteiger partial charge in [0.1, 0.15) is 5.69 Å². The summed E-state index contributed by atoms with van der Waals surface area (Å²) in [6.07, 6.45) is 0.902. The average Bonchev–Trinajstić information content (AvgIpc) is 2.54. The standard InChI is InChI=1S/C17H19F3N4O/c1-9(2)6-7-21-17-22-10(3)8-13(24-17)16(25)23-12-5-4-11(18)14(19)15(12)20/h4-5,8-9H,6-7H2,1-3H3,(H,23,25)(H,21,22,24). The summed E-state index contributed by atoms with van der Waals surface area (Å²) in [5.41, 5.74) is 0.0658. The highest BCUT2D eigenvalue weighted by Gasteiger charge is 2.17. The van der Waals surface area contributed by atoms with Crippen LogP contribution in [0.4, 0.5) is 24.8 Å². The number of hydrogen-bond acceptors (Lipinski definition) is 4. The second-order valence-corrected chi connectivity index (χ2v) is 6.00. The van der Waals surface area contributed by atoms with Crippen LogP contribution in [0.5, 0.6) is 0 Å².